The third-order valence-corrected chi connectivity index (χ3v) is 4.20. The number of thiazole rings is 1. The zero-order valence-electron chi connectivity index (χ0n) is 11.3. The molecule has 2 aromatic carbocycles. The zero-order chi connectivity index (χ0) is 13.9. The summed E-state index contributed by atoms with van der Waals surface area (Å²) in [7, 11) is 0. The van der Waals surface area contributed by atoms with Crippen LogP contribution in [0.2, 0.25) is 0 Å². The second-order valence-corrected chi connectivity index (χ2v) is 6.31. The van der Waals surface area contributed by atoms with E-state index in [0.29, 0.717) is 0 Å². The number of anilines is 2. The van der Waals surface area contributed by atoms with Gasteiger partial charge in [-0.25, -0.2) is 4.98 Å². The topological polar surface area (TPSA) is 24.9 Å². The molecular formula is C16H14Br2N2S. The van der Waals surface area contributed by atoms with Crippen molar-refractivity contribution in [1.29, 1.82) is 0 Å². The van der Waals surface area contributed by atoms with Gasteiger partial charge in [0.2, 0.25) is 0 Å². The minimum Gasteiger partial charge on any atom is -0.332 e. The molecule has 1 heterocycles. The van der Waals surface area contributed by atoms with Gasteiger partial charge in [-0.1, -0.05) is 40.2 Å². The maximum absolute atomic E-state index is 4.63. The van der Waals surface area contributed by atoms with E-state index in [0.717, 1.165) is 26.5 Å². The summed E-state index contributed by atoms with van der Waals surface area (Å²) in [5.41, 5.74) is 4.43. The fraction of sp³-hybridized carbons (Fsp3) is 0.0625. The van der Waals surface area contributed by atoms with Crippen molar-refractivity contribution in [2.75, 3.05) is 5.32 Å². The van der Waals surface area contributed by atoms with Crippen LogP contribution in [-0.2, 0) is 0 Å². The fourth-order valence-corrected chi connectivity index (χ4v) is 2.93. The molecule has 0 saturated heterocycles. The summed E-state index contributed by atoms with van der Waals surface area (Å²) in [6.07, 6.45) is 0. The van der Waals surface area contributed by atoms with Crippen molar-refractivity contribution in [3.63, 3.8) is 0 Å². The standard InChI is InChI=1S/C16H13BrN2S.BrH/c1-11-3-2-4-14(9-11)18-16-19-15(10-20-16)12-5-7-13(17)8-6-12;/h2-10H,1H3,(H,18,19);1H. The average Bonchev–Trinajstić information content (AvgIpc) is 2.88. The van der Waals surface area contributed by atoms with Gasteiger partial charge in [-0.2, -0.15) is 0 Å². The monoisotopic (exact) mass is 424 g/mol. The molecule has 0 aliphatic carbocycles. The summed E-state index contributed by atoms with van der Waals surface area (Å²) in [6, 6.07) is 16.5. The Kier molecular flexibility index (Phi) is 5.56. The molecule has 1 N–H and O–H groups in total. The third-order valence-electron chi connectivity index (χ3n) is 2.91. The number of hydrogen-bond donors (Lipinski definition) is 1. The van der Waals surface area contributed by atoms with Gasteiger partial charge < -0.3 is 5.32 Å². The van der Waals surface area contributed by atoms with Crippen LogP contribution in [0.4, 0.5) is 10.8 Å². The van der Waals surface area contributed by atoms with E-state index in [2.05, 4.69) is 62.8 Å². The quantitative estimate of drug-likeness (QED) is 0.540. The second kappa shape index (κ2) is 7.20. The van der Waals surface area contributed by atoms with Gasteiger partial charge in [0.15, 0.2) is 5.13 Å². The highest BCUT2D eigenvalue weighted by molar-refractivity contribution is 9.10. The molecule has 5 heteroatoms. The first-order valence-corrected chi connectivity index (χ1v) is 7.93. The zero-order valence-corrected chi connectivity index (χ0v) is 15.5. The molecule has 0 radical (unpaired) electrons. The first kappa shape index (κ1) is 16.2. The molecule has 3 rings (SSSR count). The van der Waals surface area contributed by atoms with Crippen LogP contribution in [-0.4, -0.2) is 4.98 Å². The van der Waals surface area contributed by atoms with E-state index < -0.39 is 0 Å². The summed E-state index contributed by atoms with van der Waals surface area (Å²) in [5, 5.41) is 6.33. The average molecular weight is 426 g/mol. The Balaban J connectivity index is 0.00000161. The first-order chi connectivity index (χ1) is 9.70. The smallest absolute Gasteiger partial charge is 0.187 e. The Morgan fingerprint density at radius 3 is 2.57 bits per heavy atom. The van der Waals surface area contributed by atoms with Crippen LogP contribution in [0, 0.1) is 6.92 Å². The van der Waals surface area contributed by atoms with Gasteiger partial charge in [0.1, 0.15) is 0 Å². The van der Waals surface area contributed by atoms with Gasteiger partial charge in [0.25, 0.3) is 0 Å². The molecule has 21 heavy (non-hydrogen) atoms. The molecule has 2 nitrogen and oxygen atoms in total. The SMILES string of the molecule is Br.Cc1cccc(Nc2nc(-c3ccc(Br)cc3)cs2)c1. The van der Waals surface area contributed by atoms with Gasteiger partial charge in [-0.15, -0.1) is 28.3 Å². The molecule has 3 aromatic rings. The number of rotatable bonds is 3. The van der Waals surface area contributed by atoms with Crippen molar-refractivity contribution >= 4 is 55.1 Å². The molecule has 0 amide bonds. The highest BCUT2D eigenvalue weighted by Gasteiger charge is 2.04. The number of aryl methyl sites for hydroxylation is 1. The lowest BCUT2D eigenvalue weighted by molar-refractivity contribution is 1.37. The molecule has 0 bridgehead atoms. The Bertz CT molecular complexity index is 723. The van der Waals surface area contributed by atoms with Crippen LogP contribution < -0.4 is 5.32 Å². The van der Waals surface area contributed by atoms with Gasteiger partial charge in [-0.05, 0) is 36.8 Å². The van der Waals surface area contributed by atoms with Gasteiger partial charge in [0, 0.05) is 21.1 Å². The maximum atomic E-state index is 4.63. The van der Waals surface area contributed by atoms with Crippen molar-refractivity contribution in [3.8, 4) is 11.3 Å². The van der Waals surface area contributed by atoms with E-state index >= 15 is 0 Å². The Hall–Kier alpha value is -1.17. The minimum absolute atomic E-state index is 0. The molecule has 108 valence electrons. The van der Waals surface area contributed by atoms with Gasteiger partial charge >= 0.3 is 0 Å². The molecule has 0 spiro atoms. The van der Waals surface area contributed by atoms with E-state index in [4.69, 9.17) is 0 Å². The van der Waals surface area contributed by atoms with Crippen LogP contribution >= 0.6 is 44.2 Å². The Labute approximate surface area is 147 Å². The van der Waals surface area contributed by atoms with Crippen molar-refractivity contribution in [2.24, 2.45) is 0 Å². The summed E-state index contributed by atoms with van der Waals surface area (Å²) in [5.74, 6) is 0. The summed E-state index contributed by atoms with van der Waals surface area (Å²) in [6.45, 7) is 2.08. The molecule has 0 fully saturated rings. The predicted octanol–water partition coefficient (Wildman–Crippen LogP) is 6.20. The lowest BCUT2D eigenvalue weighted by Crippen LogP contribution is -1.89. The van der Waals surface area contributed by atoms with Gasteiger partial charge in [-0.3, -0.25) is 0 Å². The molecule has 0 unspecified atom stereocenters. The lowest BCUT2D eigenvalue weighted by Gasteiger charge is -2.03. The van der Waals surface area contributed by atoms with Crippen molar-refractivity contribution < 1.29 is 0 Å². The van der Waals surface area contributed by atoms with Crippen molar-refractivity contribution in [2.45, 2.75) is 6.92 Å². The van der Waals surface area contributed by atoms with Crippen molar-refractivity contribution in [1.82, 2.24) is 4.98 Å². The summed E-state index contributed by atoms with van der Waals surface area (Å²) in [4.78, 5) is 4.63. The van der Waals surface area contributed by atoms with E-state index in [-0.39, 0.29) is 17.0 Å². The summed E-state index contributed by atoms with van der Waals surface area (Å²) < 4.78 is 1.08. The molecular weight excluding hydrogens is 412 g/mol. The number of halogens is 2. The predicted molar refractivity (Wildman–Crippen MR) is 100 cm³/mol. The first-order valence-electron chi connectivity index (χ1n) is 6.26. The van der Waals surface area contributed by atoms with E-state index in [1.165, 1.54) is 5.56 Å². The molecule has 0 saturated carbocycles. The Morgan fingerprint density at radius 2 is 1.86 bits per heavy atom. The van der Waals surface area contributed by atoms with Crippen molar-refractivity contribution in [3.05, 3.63) is 63.9 Å². The minimum atomic E-state index is 0. The Morgan fingerprint density at radius 1 is 1.10 bits per heavy atom. The van der Waals surface area contributed by atoms with Crippen LogP contribution in [0.1, 0.15) is 5.56 Å². The number of nitrogens with one attached hydrogen (secondary N) is 1. The summed E-state index contributed by atoms with van der Waals surface area (Å²) >= 11 is 5.06. The molecule has 1 aromatic heterocycles. The number of benzene rings is 2. The van der Waals surface area contributed by atoms with Crippen LogP contribution in [0.25, 0.3) is 11.3 Å². The van der Waals surface area contributed by atoms with Crippen LogP contribution in [0.3, 0.4) is 0 Å². The van der Waals surface area contributed by atoms with Crippen LogP contribution in [0.5, 0.6) is 0 Å². The lowest BCUT2D eigenvalue weighted by atomic mass is 10.2. The highest BCUT2D eigenvalue weighted by Crippen LogP contribution is 2.28. The molecule has 0 aliphatic heterocycles. The van der Waals surface area contributed by atoms with E-state index in [1.807, 2.05) is 24.3 Å². The number of aromatic nitrogens is 1. The van der Waals surface area contributed by atoms with E-state index in [1.54, 1.807) is 11.3 Å². The fourth-order valence-electron chi connectivity index (χ4n) is 1.93. The second-order valence-electron chi connectivity index (χ2n) is 4.54. The molecule has 0 atom stereocenters. The highest BCUT2D eigenvalue weighted by atomic mass is 79.9. The molecule has 0 aliphatic rings. The normalized spacial score (nSPS) is 10.0. The van der Waals surface area contributed by atoms with Crippen LogP contribution in [0.15, 0.2) is 58.4 Å². The van der Waals surface area contributed by atoms with Gasteiger partial charge in [0.05, 0.1) is 5.69 Å². The number of hydrogen-bond acceptors (Lipinski definition) is 3. The maximum Gasteiger partial charge on any atom is 0.187 e. The third kappa shape index (κ3) is 4.15. The largest absolute Gasteiger partial charge is 0.332 e. The number of nitrogens with zero attached hydrogens (tertiary/aromatic N) is 1. The van der Waals surface area contributed by atoms with E-state index in [9.17, 15) is 0 Å².